The Balaban J connectivity index is 1.65. The largest absolute Gasteiger partial charge is 0.497 e. The summed E-state index contributed by atoms with van der Waals surface area (Å²) >= 11 is 0. The van der Waals surface area contributed by atoms with Crippen molar-refractivity contribution in [3.63, 3.8) is 0 Å². The van der Waals surface area contributed by atoms with Gasteiger partial charge in [0, 0.05) is 23.3 Å². The van der Waals surface area contributed by atoms with Crippen molar-refractivity contribution in [2.45, 2.75) is 25.3 Å². The Kier molecular flexibility index (Phi) is 5.61. The third-order valence-corrected chi connectivity index (χ3v) is 6.22. The number of anilines is 1. The summed E-state index contributed by atoms with van der Waals surface area (Å²) in [6.45, 7) is 0. The van der Waals surface area contributed by atoms with Gasteiger partial charge in [0.1, 0.15) is 11.8 Å². The zero-order valence-corrected chi connectivity index (χ0v) is 19.5. The minimum atomic E-state index is -0.381. The number of fused-ring (bicyclic) bond motifs is 1. The smallest absolute Gasteiger partial charge is 0.226 e. The monoisotopic (exact) mass is 462 g/mol. The van der Waals surface area contributed by atoms with E-state index in [1.165, 1.54) is 0 Å². The maximum Gasteiger partial charge on any atom is 0.226 e. The normalized spacial score (nSPS) is 16.9. The lowest BCUT2D eigenvalue weighted by molar-refractivity contribution is -0.116. The third kappa shape index (κ3) is 3.53. The zero-order valence-electron chi connectivity index (χ0n) is 19.5. The van der Waals surface area contributed by atoms with Crippen LogP contribution < -0.4 is 24.3 Å². The number of carbonyl (C=O) groups excluding carboxylic acids is 1. The van der Waals surface area contributed by atoms with E-state index in [2.05, 4.69) is 5.32 Å². The highest BCUT2D eigenvalue weighted by Crippen LogP contribution is 2.43. The molecule has 9 heteroatoms. The van der Waals surface area contributed by atoms with Gasteiger partial charge in [-0.05, 0) is 42.7 Å². The van der Waals surface area contributed by atoms with E-state index < -0.39 is 0 Å². The highest BCUT2D eigenvalue weighted by atomic mass is 16.5. The summed E-state index contributed by atoms with van der Waals surface area (Å²) < 4.78 is 23.5. The molecule has 0 bridgehead atoms. The van der Waals surface area contributed by atoms with Gasteiger partial charge in [-0.2, -0.15) is 4.98 Å². The molecule has 1 aliphatic carbocycles. The average Bonchev–Trinajstić information content (AvgIpc) is 3.30. The molecule has 2 aromatic carbocycles. The SMILES string of the molecule is COc1ccc(C2C3=C(CCCC3=O)Nc3nc(-c4cc(OC)c(OC)c(OC)c4)nn32)cc1. The van der Waals surface area contributed by atoms with E-state index in [9.17, 15) is 4.79 Å². The topological polar surface area (TPSA) is 96.7 Å². The molecule has 0 amide bonds. The molecule has 1 aliphatic heterocycles. The number of hydrogen-bond donors (Lipinski definition) is 1. The van der Waals surface area contributed by atoms with Crippen molar-refractivity contribution < 1.29 is 23.7 Å². The minimum Gasteiger partial charge on any atom is -0.497 e. The summed E-state index contributed by atoms with van der Waals surface area (Å²) in [7, 11) is 6.32. The molecule has 0 saturated heterocycles. The number of aromatic nitrogens is 3. The maximum atomic E-state index is 13.0. The van der Waals surface area contributed by atoms with Crippen LogP contribution >= 0.6 is 0 Å². The van der Waals surface area contributed by atoms with Crippen molar-refractivity contribution in [3.05, 3.63) is 53.2 Å². The van der Waals surface area contributed by atoms with Gasteiger partial charge < -0.3 is 24.3 Å². The Morgan fingerprint density at radius 3 is 2.26 bits per heavy atom. The molecule has 1 N–H and O–H groups in total. The van der Waals surface area contributed by atoms with Crippen LogP contribution in [0.25, 0.3) is 11.4 Å². The van der Waals surface area contributed by atoms with Crippen molar-refractivity contribution in [2.75, 3.05) is 33.8 Å². The lowest BCUT2D eigenvalue weighted by Crippen LogP contribution is -2.31. The summed E-state index contributed by atoms with van der Waals surface area (Å²) in [4.78, 5) is 17.8. The van der Waals surface area contributed by atoms with E-state index in [0.717, 1.165) is 35.4 Å². The van der Waals surface area contributed by atoms with Gasteiger partial charge in [0.2, 0.25) is 11.7 Å². The fourth-order valence-electron chi connectivity index (χ4n) is 4.58. The standard InChI is InChI=1S/C25H26N4O5/c1-31-16-10-8-14(9-11-16)22-21-17(6-5-7-18(21)30)26-25-27-24(28-29(22)25)15-12-19(32-2)23(34-4)20(13-15)33-3/h8-13,22H,5-7H2,1-4H3,(H,26,27,28). The Bertz CT molecular complexity index is 1250. The van der Waals surface area contributed by atoms with Crippen LogP contribution in [0.2, 0.25) is 0 Å². The van der Waals surface area contributed by atoms with Gasteiger partial charge in [-0.3, -0.25) is 4.79 Å². The van der Waals surface area contributed by atoms with Crippen LogP contribution in [0.15, 0.2) is 47.7 Å². The van der Waals surface area contributed by atoms with Gasteiger partial charge in [0.05, 0.1) is 28.4 Å². The number of carbonyl (C=O) groups is 1. The first kappa shape index (κ1) is 21.8. The third-order valence-electron chi connectivity index (χ3n) is 6.22. The van der Waals surface area contributed by atoms with Crippen LogP contribution in [0, 0.1) is 0 Å². The van der Waals surface area contributed by atoms with Crippen LogP contribution in [-0.2, 0) is 4.79 Å². The summed E-state index contributed by atoms with van der Waals surface area (Å²) in [5.41, 5.74) is 3.29. The summed E-state index contributed by atoms with van der Waals surface area (Å²) in [6, 6.07) is 10.9. The molecule has 2 aliphatic rings. The molecular formula is C25H26N4O5. The number of methoxy groups -OCH3 is 4. The summed E-state index contributed by atoms with van der Waals surface area (Å²) in [6.07, 6.45) is 2.13. The van der Waals surface area contributed by atoms with Gasteiger partial charge in [-0.15, -0.1) is 5.10 Å². The molecule has 0 spiro atoms. The Morgan fingerprint density at radius 1 is 0.941 bits per heavy atom. The number of benzene rings is 2. The molecular weight excluding hydrogens is 436 g/mol. The molecule has 176 valence electrons. The van der Waals surface area contributed by atoms with E-state index in [0.29, 0.717) is 41.0 Å². The molecule has 0 radical (unpaired) electrons. The Labute approximate surface area is 197 Å². The first-order valence-corrected chi connectivity index (χ1v) is 11.0. The number of Topliss-reactive ketones (excluding diaryl/α,β-unsaturated/α-hetero) is 1. The molecule has 1 unspecified atom stereocenters. The number of ether oxygens (including phenoxy) is 4. The van der Waals surface area contributed by atoms with Crippen molar-refractivity contribution in [2.24, 2.45) is 0 Å². The van der Waals surface area contributed by atoms with Crippen molar-refractivity contribution >= 4 is 11.7 Å². The van der Waals surface area contributed by atoms with E-state index in [1.54, 1.807) is 33.1 Å². The molecule has 1 atom stereocenters. The van der Waals surface area contributed by atoms with Crippen LogP contribution in [0.1, 0.15) is 30.9 Å². The average molecular weight is 463 g/mol. The molecule has 2 heterocycles. The zero-order chi connectivity index (χ0) is 23.8. The van der Waals surface area contributed by atoms with E-state index in [1.807, 2.05) is 36.4 Å². The second kappa shape index (κ2) is 8.74. The molecule has 34 heavy (non-hydrogen) atoms. The predicted molar refractivity (Wildman–Crippen MR) is 126 cm³/mol. The minimum absolute atomic E-state index is 0.130. The van der Waals surface area contributed by atoms with Crippen LogP contribution in [-0.4, -0.2) is 49.0 Å². The van der Waals surface area contributed by atoms with E-state index in [-0.39, 0.29) is 11.8 Å². The maximum absolute atomic E-state index is 13.0. The van der Waals surface area contributed by atoms with Gasteiger partial charge >= 0.3 is 0 Å². The van der Waals surface area contributed by atoms with Crippen LogP contribution in [0.4, 0.5) is 5.95 Å². The molecule has 0 saturated carbocycles. The number of nitrogens with zero attached hydrogens (tertiary/aromatic N) is 3. The first-order chi connectivity index (χ1) is 16.6. The first-order valence-electron chi connectivity index (χ1n) is 11.0. The fourth-order valence-corrected chi connectivity index (χ4v) is 4.58. The molecule has 5 rings (SSSR count). The van der Waals surface area contributed by atoms with Crippen molar-refractivity contribution in [1.29, 1.82) is 0 Å². The van der Waals surface area contributed by atoms with Gasteiger partial charge in [0.15, 0.2) is 23.1 Å². The number of rotatable bonds is 6. The second-order valence-corrected chi connectivity index (χ2v) is 8.09. The summed E-state index contributed by atoms with van der Waals surface area (Å²) in [5.74, 6) is 3.46. The highest BCUT2D eigenvalue weighted by molar-refractivity contribution is 5.99. The second-order valence-electron chi connectivity index (χ2n) is 8.09. The number of ketones is 1. The molecule has 3 aromatic rings. The van der Waals surface area contributed by atoms with Gasteiger partial charge in [-0.1, -0.05) is 12.1 Å². The lowest BCUT2D eigenvalue weighted by Gasteiger charge is -2.32. The van der Waals surface area contributed by atoms with Crippen LogP contribution in [0.5, 0.6) is 23.0 Å². The molecule has 1 aromatic heterocycles. The summed E-state index contributed by atoms with van der Waals surface area (Å²) in [5, 5.41) is 8.18. The highest BCUT2D eigenvalue weighted by Gasteiger charge is 2.37. The number of allylic oxidation sites excluding steroid dienone is 2. The predicted octanol–water partition coefficient (Wildman–Crippen LogP) is 4.00. The Hall–Kier alpha value is -4.01. The van der Waals surface area contributed by atoms with Crippen molar-refractivity contribution in [1.82, 2.24) is 14.8 Å². The van der Waals surface area contributed by atoms with E-state index >= 15 is 0 Å². The lowest BCUT2D eigenvalue weighted by atomic mass is 9.85. The van der Waals surface area contributed by atoms with Crippen LogP contribution in [0.3, 0.4) is 0 Å². The van der Waals surface area contributed by atoms with E-state index in [4.69, 9.17) is 29.0 Å². The molecule has 0 fully saturated rings. The molecule has 9 nitrogen and oxygen atoms in total. The quantitative estimate of drug-likeness (QED) is 0.587. The van der Waals surface area contributed by atoms with Crippen molar-refractivity contribution in [3.8, 4) is 34.4 Å². The van der Waals surface area contributed by atoms with Gasteiger partial charge in [-0.25, -0.2) is 4.68 Å². The van der Waals surface area contributed by atoms with Gasteiger partial charge in [0.25, 0.3) is 0 Å². The number of hydrogen-bond acceptors (Lipinski definition) is 8. The fraction of sp³-hybridized carbons (Fsp3) is 0.320. The number of nitrogens with one attached hydrogen (secondary N) is 1. The Morgan fingerprint density at radius 2 is 1.65 bits per heavy atom.